The quantitative estimate of drug-likeness (QED) is 0.0610. The number of aliphatic carboxylic acids is 3. The van der Waals surface area contributed by atoms with Crippen molar-refractivity contribution in [2.24, 2.45) is 0 Å². The van der Waals surface area contributed by atoms with E-state index >= 15 is 0 Å². The number of hydrogen-bond acceptors (Lipinski definition) is 13. The van der Waals surface area contributed by atoms with Crippen LogP contribution in [0, 0.1) is 47.4 Å². The SMILES string of the molecule is O=C(O)CN1CCN(CC(=O)O)CCN(CC(=O)NCCCn2cc(CCCC(=O)NCCc3ccc(S(=O)(=O)F)cc3)nn2)CCN(CC(=O)O)CC1.[CH3-].[Gd]. The fourth-order valence-electron chi connectivity index (χ4n) is 5.76. The Labute approximate surface area is 358 Å². The molecule has 19 nitrogen and oxygen atoms in total. The van der Waals surface area contributed by atoms with Crippen LogP contribution in [-0.4, -0.2) is 180 Å². The molecule has 1 fully saturated rings. The van der Waals surface area contributed by atoms with Gasteiger partial charge in [0.2, 0.25) is 11.8 Å². The van der Waals surface area contributed by atoms with Gasteiger partial charge in [-0.05, 0) is 43.4 Å². The number of halogens is 1. The van der Waals surface area contributed by atoms with Gasteiger partial charge in [0.25, 0.3) is 0 Å². The van der Waals surface area contributed by atoms with Gasteiger partial charge in [-0.2, -0.15) is 8.42 Å². The van der Waals surface area contributed by atoms with Crippen LogP contribution in [0.3, 0.4) is 0 Å². The van der Waals surface area contributed by atoms with E-state index in [0.29, 0.717) is 77.2 Å². The molecule has 0 saturated carbocycles. The second-order valence-corrected chi connectivity index (χ2v) is 14.3. The first-order chi connectivity index (χ1) is 25.7. The zero-order valence-corrected chi connectivity index (χ0v) is 34.6. The number of hydrogen-bond donors (Lipinski definition) is 5. The molecule has 1 aromatic heterocycles. The molecule has 1 aliphatic heterocycles. The Balaban J connectivity index is 0.00000784. The molecule has 1 aliphatic rings. The summed E-state index contributed by atoms with van der Waals surface area (Å²) in [6, 6.07) is 5.37. The fraction of sp³-hybridized carbons (Fsp3) is 0.588. The van der Waals surface area contributed by atoms with Crippen LogP contribution < -0.4 is 10.6 Å². The average molecular weight is 956 g/mol. The zero-order valence-electron chi connectivity index (χ0n) is 31.5. The van der Waals surface area contributed by atoms with Crippen molar-refractivity contribution in [1.29, 1.82) is 0 Å². The first-order valence-corrected chi connectivity index (χ1v) is 19.1. The summed E-state index contributed by atoms with van der Waals surface area (Å²) >= 11 is 0. The number of carboxylic acid groups (broad SMARTS) is 3. The molecule has 5 N–H and O–H groups in total. The Morgan fingerprint density at radius 2 is 1.14 bits per heavy atom. The Bertz CT molecular complexity index is 1620. The van der Waals surface area contributed by atoms with Crippen molar-refractivity contribution >= 4 is 39.9 Å². The third kappa shape index (κ3) is 21.3. The van der Waals surface area contributed by atoms with Gasteiger partial charge in [0, 0.05) is 125 Å². The molecule has 2 heterocycles. The average Bonchev–Trinajstić information content (AvgIpc) is 3.54. The molecule has 3 rings (SSSR count). The molecule has 2 aromatic rings. The third-order valence-electron chi connectivity index (χ3n) is 8.62. The number of carboxylic acids is 3. The topological polar surface area (TPSA) is 248 Å². The van der Waals surface area contributed by atoms with Gasteiger partial charge in [0.15, 0.2) is 0 Å². The molecule has 0 radical (unpaired) electrons. The molecule has 1 aromatic carbocycles. The number of nitrogens with one attached hydrogen (secondary N) is 2. The number of rotatable bonds is 20. The molecule has 0 spiro atoms. The molecule has 22 heteroatoms. The summed E-state index contributed by atoms with van der Waals surface area (Å²) in [6.45, 7) is 2.94. The van der Waals surface area contributed by atoms with E-state index in [2.05, 4.69) is 20.9 Å². The van der Waals surface area contributed by atoms with Gasteiger partial charge in [-0.25, -0.2) is 0 Å². The van der Waals surface area contributed by atoms with Crippen LogP contribution in [0.2, 0.25) is 0 Å². The van der Waals surface area contributed by atoms with E-state index in [0.717, 1.165) is 5.56 Å². The molecule has 0 aliphatic carbocycles. The van der Waals surface area contributed by atoms with Gasteiger partial charge in [0.05, 0.1) is 36.8 Å². The van der Waals surface area contributed by atoms with E-state index in [1.807, 2.05) is 4.90 Å². The predicted octanol–water partition coefficient (Wildman–Crippen LogP) is -0.950. The van der Waals surface area contributed by atoms with Crippen molar-refractivity contribution in [3.05, 3.63) is 49.1 Å². The first kappa shape index (κ1) is 50.8. The van der Waals surface area contributed by atoms with Crippen LogP contribution >= 0.6 is 0 Å². The van der Waals surface area contributed by atoms with Gasteiger partial charge in [-0.3, -0.25) is 48.3 Å². The van der Waals surface area contributed by atoms with Crippen molar-refractivity contribution < 1.29 is 91.5 Å². The number of nitrogens with zero attached hydrogens (tertiary/aromatic N) is 7. The number of amides is 2. The normalized spacial score (nSPS) is 15.3. The Hall–Kier alpha value is -3.25. The van der Waals surface area contributed by atoms with Crippen molar-refractivity contribution in [1.82, 2.24) is 45.2 Å². The van der Waals surface area contributed by atoms with E-state index in [1.54, 1.807) is 25.6 Å². The smallest absolute Gasteiger partial charge is 0.332 e. The van der Waals surface area contributed by atoms with E-state index in [4.69, 9.17) is 0 Å². The second-order valence-electron chi connectivity index (χ2n) is 13.0. The molecule has 0 unspecified atom stereocenters. The van der Waals surface area contributed by atoms with Crippen LogP contribution in [0.5, 0.6) is 0 Å². The maximum Gasteiger partial charge on any atom is 0.332 e. The second kappa shape index (κ2) is 26.6. The Kier molecular flexibility index (Phi) is 24.1. The summed E-state index contributed by atoms with van der Waals surface area (Å²) in [7, 11) is -4.75. The summed E-state index contributed by atoms with van der Waals surface area (Å²) in [5.74, 6) is -3.47. The van der Waals surface area contributed by atoms with E-state index in [1.165, 1.54) is 24.3 Å². The van der Waals surface area contributed by atoms with Gasteiger partial charge < -0.3 is 33.4 Å². The van der Waals surface area contributed by atoms with Crippen molar-refractivity contribution in [3.63, 3.8) is 0 Å². The van der Waals surface area contributed by atoms with Gasteiger partial charge >= 0.3 is 28.1 Å². The number of carbonyl (C=O) groups excluding carboxylic acids is 2. The minimum Gasteiger partial charge on any atom is -0.480 e. The maximum atomic E-state index is 13.0. The molecule has 1 saturated heterocycles. The van der Waals surface area contributed by atoms with Crippen LogP contribution in [0.25, 0.3) is 0 Å². The van der Waals surface area contributed by atoms with Crippen LogP contribution in [0.15, 0.2) is 35.4 Å². The monoisotopic (exact) mass is 956 g/mol. The minimum atomic E-state index is -4.75. The first-order valence-electron chi connectivity index (χ1n) is 17.7. The predicted molar refractivity (Wildman–Crippen MR) is 197 cm³/mol. The number of aryl methyl sites for hydroxylation is 2. The fourth-order valence-corrected chi connectivity index (χ4v) is 6.22. The van der Waals surface area contributed by atoms with E-state index in [9.17, 15) is 51.6 Å². The molecular formula is C34H53FGdN9O10S-. The summed E-state index contributed by atoms with van der Waals surface area (Å²) in [5.41, 5.74) is 1.48. The number of aromatic nitrogens is 3. The number of benzene rings is 1. The van der Waals surface area contributed by atoms with Crippen LogP contribution in [0.1, 0.15) is 30.5 Å². The molecular weight excluding hydrogens is 903 g/mol. The van der Waals surface area contributed by atoms with Crippen molar-refractivity contribution in [3.8, 4) is 0 Å². The Morgan fingerprint density at radius 3 is 1.61 bits per heavy atom. The molecule has 0 atom stereocenters. The summed E-state index contributed by atoms with van der Waals surface area (Å²) in [6.07, 6.45) is 4.16. The third-order valence-corrected chi connectivity index (χ3v) is 9.46. The van der Waals surface area contributed by atoms with Gasteiger partial charge in [0.1, 0.15) is 0 Å². The Morgan fingerprint density at radius 1 is 0.679 bits per heavy atom. The zero-order chi connectivity index (χ0) is 39.5. The maximum absolute atomic E-state index is 13.0. The number of carbonyl (C=O) groups is 5. The molecule has 56 heavy (non-hydrogen) atoms. The largest absolute Gasteiger partial charge is 0.480 e. The summed E-state index contributed by atoms with van der Waals surface area (Å²) in [4.78, 5) is 65.9. The van der Waals surface area contributed by atoms with Crippen LogP contribution in [-0.2, 0) is 53.6 Å². The van der Waals surface area contributed by atoms with E-state index < -0.39 is 33.0 Å². The van der Waals surface area contributed by atoms with Gasteiger partial charge in [-0.15, -0.1) is 8.98 Å². The van der Waals surface area contributed by atoms with Crippen molar-refractivity contribution in [2.75, 3.05) is 91.6 Å². The molecule has 2 amide bonds. The molecule has 0 bridgehead atoms. The molecule has 316 valence electrons. The van der Waals surface area contributed by atoms with E-state index in [-0.39, 0.29) is 118 Å². The summed E-state index contributed by atoms with van der Waals surface area (Å²) < 4.78 is 36.5. The van der Waals surface area contributed by atoms with Crippen molar-refractivity contribution in [2.45, 2.75) is 43.5 Å². The minimum absolute atomic E-state index is 0. The standard InChI is InChI=1S/C33H50FN9O10S.CH3.Gd/c34-54(52,53)28-7-5-26(6-8-28)9-11-36-29(44)4-1-3-27-21-43(38-37-27)12-2-10-35-30(45)22-39-13-15-40(23-31(46)47)17-19-42(25-33(50)51)20-18-41(16-14-39)24-32(48)49;;/h5-8,21H,1-4,9-20,22-25H2,(H,35,45)(H,36,44)(H,46,47)(H,48,49)(H,50,51);1H3;/q;-1;. The van der Waals surface area contributed by atoms with Crippen LogP contribution in [0.4, 0.5) is 3.89 Å². The summed E-state index contributed by atoms with van der Waals surface area (Å²) in [5, 5.41) is 42.0. The van der Waals surface area contributed by atoms with Gasteiger partial charge in [-0.1, -0.05) is 17.3 Å².